The Bertz CT molecular complexity index is 1090. The maximum atomic E-state index is 12.6. The fourth-order valence-electron chi connectivity index (χ4n) is 3.52. The normalized spacial score (nSPS) is 16.3. The first-order valence-corrected chi connectivity index (χ1v) is 10.5. The molecule has 1 saturated heterocycles. The van der Waals surface area contributed by atoms with Gasteiger partial charge < -0.3 is 14.4 Å². The minimum absolute atomic E-state index is 0.0229. The van der Waals surface area contributed by atoms with Crippen LogP contribution in [0.15, 0.2) is 23.6 Å². The minimum atomic E-state index is -0.412. The predicted octanol–water partition coefficient (Wildman–Crippen LogP) is 2.15. The molecule has 9 nitrogen and oxygen atoms in total. The maximum Gasteiger partial charge on any atom is 0.250 e. The van der Waals surface area contributed by atoms with Crippen LogP contribution in [0.1, 0.15) is 17.7 Å². The van der Waals surface area contributed by atoms with Crippen molar-refractivity contribution in [2.45, 2.75) is 19.8 Å². The van der Waals surface area contributed by atoms with E-state index in [2.05, 4.69) is 15.4 Å². The molecule has 0 saturated carbocycles. The zero-order valence-corrected chi connectivity index (χ0v) is 17.9. The number of benzene rings is 1. The van der Waals surface area contributed by atoms with Gasteiger partial charge in [-0.15, -0.1) is 16.4 Å². The zero-order valence-electron chi connectivity index (χ0n) is 17.0. The number of nitrogens with one attached hydrogen (secondary N) is 1. The smallest absolute Gasteiger partial charge is 0.250 e. The summed E-state index contributed by atoms with van der Waals surface area (Å²) >= 11 is 1.46. The number of ether oxygens (including phenoxy) is 2. The molecule has 3 heterocycles. The fraction of sp³-hybridized carbons (Fsp3) is 0.400. The molecule has 1 fully saturated rings. The van der Waals surface area contributed by atoms with Gasteiger partial charge >= 0.3 is 0 Å². The highest BCUT2D eigenvalue weighted by atomic mass is 32.1. The van der Waals surface area contributed by atoms with E-state index in [0.29, 0.717) is 31.0 Å². The first-order chi connectivity index (χ1) is 14.5. The molecule has 1 atom stereocenters. The molecule has 2 amide bonds. The molecule has 0 bridgehead atoms. The number of amides is 2. The number of aryl methyl sites for hydroxylation is 1. The van der Waals surface area contributed by atoms with E-state index in [-0.39, 0.29) is 24.2 Å². The number of fused-ring (bicyclic) bond motifs is 1. The zero-order chi connectivity index (χ0) is 21.3. The monoisotopic (exact) mass is 429 g/mol. The molecule has 30 heavy (non-hydrogen) atoms. The van der Waals surface area contributed by atoms with E-state index in [1.165, 1.54) is 11.3 Å². The first kappa shape index (κ1) is 20.1. The van der Waals surface area contributed by atoms with Crippen molar-refractivity contribution in [2.75, 3.05) is 32.6 Å². The number of hydrogen-bond acceptors (Lipinski definition) is 7. The number of likely N-dealkylation sites (tertiary alicyclic amines) is 1. The van der Waals surface area contributed by atoms with Crippen LogP contribution in [0, 0.1) is 12.8 Å². The van der Waals surface area contributed by atoms with Crippen LogP contribution in [-0.4, -0.2) is 58.6 Å². The standard InChI is InChI=1S/C20H23N5O4S/c1-12-11-30-20-22-19(23-25(12)20)21-18(27)14-9-17(26)24(10-14)7-6-13-4-5-15(28-2)16(8-13)29-3/h4-5,8,11,14H,6-7,9-10H2,1-3H3,(H,21,23,27). The van der Waals surface area contributed by atoms with Gasteiger partial charge in [0.15, 0.2) is 11.5 Å². The summed E-state index contributed by atoms with van der Waals surface area (Å²) < 4.78 is 12.3. The second kappa shape index (κ2) is 8.31. The van der Waals surface area contributed by atoms with Crippen LogP contribution >= 0.6 is 11.3 Å². The average molecular weight is 430 g/mol. The van der Waals surface area contributed by atoms with Gasteiger partial charge in [0.2, 0.25) is 22.7 Å². The molecule has 4 rings (SSSR count). The van der Waals surface area contributed by atoms with Gasteiger partial charge in [-0.25, -0.2) is 4.52 Å². The number of hydrogen-bond donors (Lipinski definition) is 1. The van der Waals surface area contributed by atoms with Crippen molar-refractivity contribution in [1.29, 1.82) is 0 Å². The molecule has 2 aromatic heterocycles. The Labute approximate surface area is 177 Å². The number of carbonyl (C=O) groups is 2. The Morgan fingerprint density at radius 2 is 2.10 bits per heavy atom. The van der Waals surface area contributed by atoms with E-state index in [9.17, 15) is 9.59 Å². The van der Waals surface area contributed by atoms with Gasteiger partial charge in [-0.1, -0.05) is 6.07 Å². The summed E-state index contributed by atoms with van der Waals surface area (Å²) in [6.45, 7) is 2.85. The van der Waals surface area contributed by atoms with Crippen LogP contribution < -0.4 is 14.8 Å². The summed E-state index contributed by atoms with van der Waals surface area (Å²) in [6.07, 6.45) is 0.859. The van der Waals surface area contributed by atoms with E-state index in [1.807, 2.05) is 30.5 Å². The second-order valence-electron chi connectivity index (χ2n) is 7.18. The van der Waals surface area contributed by atoms with Crippen LogP contribution in [0.5, 0.6) is 11.5 Å². The van der Waals surface area contributed by atoms with Crippen LogP contribution in [0.2, 0.25) is 0 Å². The SMILES string of the molecule is COc1ccc(CCN2CC(C(=O)Nc3nc4scc(C)n4n3)CC2=O)cc1OC. The largest absolute Gasteiger partial charge is 0.493 e. The number of nitrogens with zero attached hydrogens (tertiary/aromatic N) is 4. The van der Waals surface area contributed by atoms with E-state index < -0.39 is 5.92 Å². The first-order valence-electron chi connectivity index (χ1n) is 9.59. The summed E-state index contributed by atoms with van der Waals surface area (Å²) in [4.78, 5) is 31.8. The molecular formula is C20H23N5O4S. The Morgan fingerprint density at radius 1 is 1.30 bits per heavy atom. The third-order valence-electron chi connectivity index (χ3n) is 5.19. The van der Waals surface area contributed by atoms with Crippen molar-refractivity contribution in [2.24, 2.45) is 5.92 Å². The Kier molecular flexibility index (Phi) is 5.58. The quantitative estimate of drug-likeness (QED) is 0.618. The molecular weight excluding hydrogens is 406 g/mol. The topological polar surface area (TPSA) is 98.1 Å². The summed E-state index contributed by atoms with van der Waals surface area (Å²) in [6, 6.07) is 5.70. The second-order valence-corrected chi connectivity index (χ2v) is 8.01. The number of methoxy groups -OCH3 is 2. The maximum absolute atomic E-state index is 12.6. The number of thiazole rings is 1. The third-order valence-corrected chi connectivity index (χ3v) is 6.12. The molecule has 0 spiro atoms. The number of aromatic nitrogens is 3. The lowest BCUT2D eigenvalue weighted by molar-refractivity contribution is -0.128. The molecule has 1 N–H and O–H groups in total. The summed E-state index contributed by atoms with van der Waals surface area (Å²) in [7, 11) is 3.18. The number of rotatable bonds is 7. The lowest BCUT2D eigenvalue weighted by Gasteiger charge is -2.17. The van der Waals surface area contributed by atoms with Gasteiger partial charge in [0, 0.05) is 24.9 Å². The molecule has 1 aromatic carbocycles. The van der Waals surface area contributed by atoms with Gasteiger partial charge in [-0.2, -0.15) is 4.98 Å². The third kappa shape index (κ3) is 3.95. The van der Waals surface area contributed by atoms with Crippen molar-refractivity contribution in [3.05, 3.63) is 34.8 Å². The summed E-state index contributed by atoms with van der Waals surface area (Å²) in [5.41, 5.74) is 1.99. The van der Waals surface area contributed by atoms with Crippen molar-refractivity contribution >= 4 is 34.1 Å². The average Bonchev–Trinajstić information content (AvgIpc) is 3.42. The van der Waals surface area contributed by atoms with Crippen LogP contribution in [0.3, 0.4) is 0 Å². The van der Waals surface area contributed by atoms with Crippen LogP contribution in [0.4, 0.5) is 5.95 Å². The van der Waals surface area contributed by atoms with Gasteiger partial charge in [0.05, 0.1) is 25.8 Å². The van der Waals surface area contributed by atoms with Gasteiger partial charge in [0.1, 0.15) is 0 Å². The van der Waals surface area contributed by atoms with E-state index in [1.54, 1.807) is 23.6 Å². The summed E-state index contributed by atoms with van der Waals surface area (Å²) in [5, 5.41) is 8.99. The van der Waals surface area contributed by atoms with Gasteiger partial charge in [0.25, 0.3) is 0 Å². The molecule has 1 aliphatic heterocycles. The minimum Gasteiger partial charge on any atom is -0.493 e. The molecule has 0 radical (unpaired) electrons. The van der Waals surface area contributed by atoms with E-state index >= 15 is 0 Å². The van der Waals surface area contributed by atoms with Crippen LogP contribution in [-0.2, 0) is 16.0 Å². The molecule has 10 heteroatoms. The Hall–Kier alpha value is -3.14. The van der Waals surface area contributed by atoms with Crippen molar-refractivity contribution in [3.8, 4) is 11.5 Å². The van der Waals surface area contributed by atoms with Gasteiger partial charge in [-0.05, 0) is 31.0 Å². The van der Waals surface area contributed by atoms with Crippen molar-refractivity contribution in [1.82, 2.24) is 19.5 Å². The molecule has 1 unspecified atom stereocenters. The van der Waals surface area contributed by atoms with Crippen LogP contribution in [0.25, 0.3) is 4.96 Å². The molecule has 1 aliphatic rings. The number of anilines is 1. The van der Waals surface area contributed by atoms with Crippen molar-refractivity contribution in [3.63, 3.8) is 0 Å². The Morgan fingerprint density at radius 3 is 2.83 bits per heavy atom. The highest BCUT2D eigenvalue weighted by molar-refractivity contribution is 7.15. The molecule has 3 aromatic rings. The Balaban J connectivity index is 1.34. The van der Waals surface area contributed by atoms with Gasteiger partial charge in [-0.3, -0.25) is 14.9 Å². The van der Waals surface area contributed by atoms with Crippen molar-refractivity contribution < 1.29 is 19.1 Å². The molecule has 158 valence electrons. The van der Waals surface area contributed by atoms with E-state index in [4.69, 9.17) is 9.47 Å². The number of carbonyl (C=O) groups excluding carboxylic acids is 2. The highest BCUT2D eigenvalue weighted by Crippen LogP contribution is 2.28. The summed E-state index contributed by atoms with van der Waals surface area (Å²) in [5.74, 6) is 0.927. The highest BCUT2D eigenvalue weighted by Gasteiger charge is 2.34. The predicted molar refractivity (Wildman–Crippen MR) is 112 cm³/mol. The lowest BCUT2D eigenvalue weighted by atomic mass is 10.1. The lowest BCUT2D eigenvalue weighted by Crippen LogP contribution is -2.30. The van der Waals surface area contributed by atoms with E-state index in [0.717, 1.165) is 16.2 Å². The molecule has 0 aliphatic carbocycles. The fourth-order valence-corrected chi connectivity index (χ4v) is 4.32.